The monoisotopic (exact) mass is 253 g/mol. The summed E-state index contributed by atoms with van der Waals surface area (Å²) >= 11 is 0. The van der Waals surface area contributed by atoms with Gasteiger partial charge >= 0.3 is 0 Å². The van der Waals surface area contributed by atoms with Crippen LogP contribution in [0.15, 0.2) is 0 Å². The van der Waals surface area contributed by atoms with Crippen molar-refractivity contribution in [2.75, 3.05) is 46.3 Å². The summed E-state index contributed by atoms with van der Waals surface area (Å²) < 4.78 is 0. The van der Waals surface area contributed by atoms with E-state index in [1.54, 1.807) is 0 Å². The predicted molar refractivity (Wildman–Crippen MR) is 78.0 cm³/mol. The lowest BCUT2D eigenvalue weighted by Crippen LogP contribution is -2.47. The van der Waals surface area contributed by atoms with E-state index < -0.39 is 0 Å². The molecule has 106 valence electrons. The van der Waals surface area contributed by atoms with Crippen LogP contribution in [0.4, 0.5) is 0 Å². The van der Waals surface area contributed by atoms with Crippen LogP contribution in [0.3, 0.4) is 0 Å². The van der Waals surface area contributed by atoms with E-state index in [0.717, 1.165) is 12.0 Å². The Bertz CT molecular complexity index is 218. The molecule has 2 rings (SSSR count). The first-order chi connectivity index (χ1) is 8.75. The second-order valence-electron chi connectivity index (χ2n) is 6.29. The minimum absolute atomic E-state index is 0.720. The van der Waals surface area contributed by atoms with Crippen LogP contribution in [-0.4, -0.2) is 62.2 Å². The van der Waals surface area contributed by atoms with Crippen LogP contribution in [0.5, 0.6) is 0 Å². The van der Waals surface area contributed by atoms with Crippen LogP contribution in [0.2, 0.25) is 0 Å². The van der Waals surface area contributed by atoms with Crippen molar-refractivity contribution in [2.24, 2.45) is 5.92 Å². The maximum atomic E-state index is 3.76. The first kappa shape index (κ1) is 14.3. The Morgan fingerprint density at radius 3 is 2.39 bits per heavy atom. The Hall–Kier alpha value is -0.120. The fourth-order valence-electron chi connectivity index (χ4n) is 3.32. The lowest BCUT2D eigenvalue weighted by Gasteiger charge is -2.33. The van der Waals surface area contributed by atoms with Gasteiger partial charge in [0.25, 0.3) is 0 Å². The molecule has 1 aliphatic heterocycles. The summed E-state index contributed by atoms with van der Waals surface area (Å²) in [6.07, 6.45) is 7.26. The standard InChI is InChI=1S/C15H31N3/c1-14(15-6-4-3-5-7-15)16-8-9-18-12-10-17(2)11-13-18/h14-16H,3-13H2,1-2H3. The number of hydrogen-bond acceptors (Lipinski definition) is 3. The molecule has 1 unspecified atom stereocenters. The fourth-order valence-corrected chi connectivity index (χ4v) is 3.32. The fraction of sp³-hybridized carbons (Fsp3) is 1.00. The molecule has 1 N–H and O–H groups in total. The molecule has 1 heterocycles. The molecule has 1 aliphatic carbocycles. The van der Waals surface area contributed by atoms with Gasteiger partial charge in [-0.2, -0.15) is 0 Å². The third kappa shape index (κ3) is 4.52. The zero-order valence-corrected chi connectivity index (χ0v) is 12.3. The molecule has 0 amide bonds. The Morgan fingerprint density at radius 2 is 1.72 bits per heavy atom. The largest absolute Gasteiger partial charge is 0.313 e. The normalized spacial score (nSPS) is 26.3. The highest BCUT2D eigenvalue weighted by atomic mass is 15.2. The Balaban J connectivity index is 1.56. The van der Waals surface area contributed by atoms with Crippen LogP contribution in [0.1, 0.15) is 39.0 Å². The second kappa shape index (κ2) is 7.46. The van der Waals surface area contributed by atoms with Gasteiger partial charge in [0, 0.05) is 45.3 Å². The van der Waals surface area contributed by atoms with E-state index in [4.69, 9.17) is 0 Å². The quantitative estimate of drug-likeness (QED) is 0.806. The van der Waals surface area contributed by atoms with Crippen LogP contribution >= 0.6 is 0 Å². The summed E-state index contributed by atoms with van der Waals surface area (Å²) in [5.41, 5.74) is 0. The third-order valence-electron chi connectivity index (χ3n) is 4.85. The zero-order valence-electron chi connectivity index (χ0n) is 12.3. The minimum Gasteiger partial charge on any atom is -0.313 e. The highest BCUT2D eigenvalue weighted by Crippen LogP contribution is 2.26. The smallest absolute Gasteiger partial charge is 0.0110 e. The molecule has 3 nitrogen and oxygen atoms in total. The molecule has 0 radical (unpaired) electrons. The molecule has 2 fully saturated rings. The molecule has 0 bridgehead atoms. The first-order valence-electron chi connectivity index (χ1n) is 7.90. The molecular formula is C15H31N3. The van der Waals surface area contributed by atoms with Gasteiger partial charge in [0.2, 0.25) is 0 Å². The maximum Gasteiger partial charge on any atom is 0.0110 e. The number of hydrogen-bond donors (Lipinski definition) is 1. The molecule has 18 heavy (non-hydrogen) atoms. The van der Waals surface area contributed by atoms with E-state index in [1.165, 1.54) is 71.4 Å². The van der Waals surface area contributed by atoms with Crippen molar-refractivity contribution < 1.29 is 0 Å². The van der Waals surface area contributed by atoms with E-state index in [1.807, 2.05) is 0 Å². The van der Waals surface area contributed by atoms with Crippen molar-refractivity contribution >= 4 is 0 Å². The van der Waals surface area contributed by atoms with Gasteiger partial charge in [0.15, 0.2) is 0 Å². The molecule has 2 aliphatic rings. The second-order valence-corrected chi connectivity index (χ2v) is 6.29. The summed E-state index contributed by atoms with van der Waals surface area (Å²) in [5, 5.41) is 3.76. The predicted octanol–water partition coefficient (Wildman–Crippen LogP) is 1.79. The van der Waals surface area contributed by atoms with Gasteiger partial charge in [-0.3, -0.25) is 4.90 Å². The highest BCUT2D eigenvalue weighted by molar-refractivity contribution is 4.77. The SMILES string of the molecule is CC(NCCN1CCN(C)CC1)C1CCCCC1. The number of piperazine rings is 1. The first-order valence-corrected chi connectivity index (χ1v) is 7.90. The molecule has 0 aromatic rings. The van der Waals surface area contributed by atoms with Gasteiger partial charge in [0.05, 0.1) is 0 Å². The highest BCUT2D eigenvalue weighted by Gasteiger charge is 2.20. The lowest BCUT2D eigenvalue weighted by molar-refractivity contribution is 0.151. The van der Waals surface area contributed by atoms with Crippen LogP contribution in [-0.2, 0) is 0 Å². The van der Waals surface area contributed by atoms with Crippen molar-refractivity contribution in [1.29, 1.82) is 0 Å². The van der Waals surface area contributed by atoms with Gasteiger partial charge in [-0.05, 0) is 32.7 Å². The van der Waals surface area contributed by atoms with E-state index in [-0.39, 0.29) is 0 Å². The summed E-state index contributed by atoms with van der Waals surface area (Å²) in [6.45, 7) is 9.74. The molecule has 0 spiro atoms. The van der Waals surface area contributed by atoms with Gasteiger partial charge in [-0.25, -0.2) is 0 Å². The number of nitrogens with zero attached hydrogens (tertiary/aromatic N) is 2. The molecule has 0 aromatic carbocycles. The minimum atomic E-state index is 0.720. The van der Waals surface area contributed by atoms with Crippen LogP contribution in [0, 0.1) is 5.92 Å². The summed E-state index contributed by atoms with van der Waals surface area (Å²) in [7, 11) is 2.22. The van der Waals surface area contributed by atoms with Crippen molar-refractivity contribution in [2.45, 2.75) is 45.1 Å². The number of likely N-dealkylation sites (N-methyl/N-ethyl adjacent to an activating group) is 1. The van der Waals surface area contributed by atoms with Crippen molar-refractivity contribution in [1.82, 2.24) is 15.1 Å². The molecular weight excluding hydrogens is 222 g/mol. The molecule has 1 saturated carbocycles. The molecule has 1 atom stereocenters. The van der Waals surface area contributed by atoms with Gasteiger partial charge in [0.1, 0.15) is 0 Å². The zero-order chi connectivity index (χ0) is 12.8. The molecule has 0 aromatic heterocycles. The average Bonchev–Trinajstić information content (AvgIpc) is 2.42. The van der Waals surface area contributed by atoms with Crippen LogP contribution in [0.25, 0.3) is 0 Å². The van der Waals surface area contributed by atoms with E-state index in [0.29, 0.717) is 0 Å². The van der Waals surface area contributed by atoms with Crippen molar-refractivity contribution in [3.05, 3.63) is 0 Å². The summed E-state index contributed by atoms with van der Waals surface area (Å²) in [6, 6.07) is 0.720. The van der Waals surface area contributed by atoms with E-state index >= 15 is 0 Å². The number of nitrogens with one attached hydrogen (secondary N) is 1. The van der Waals surface area contributed by atoms with Crippen molar-refractivity contribution in [3.63, 3.8) is 0 Å². The topological polar surface area (TPSA) is 18.5 Å². The lowest BCUT2D eigenvalue weighted by atomic mass is 9.84. The summed E-state index contributed by atoms with van der Waals surface area (Å²) in [4.78, 5) is 5.02. The van der Waals surface area contributed by atoms with E-state index in [9.17, 15) is 0 Å². The third-order valence-corrected chi connectivity index (χ3v) is 4.85. The molecule has 1 saturated heterocycles. The van der Waals surface area contributed by atoms with E-state index in [2.05, 4.69) is 29.1 Å². The van der Waals surface area contributed by atoms with Gasteiger partial charge in [-0.1, -0.05) is 19.3 Å². The van der Waals surface area contributed by atoms with Gasteiger partial charge < -0.3 is 10.2 Å². The maximum absolute atomic E-state index is 3.76. The van der Waals surface area contributed by atoms with Crippen LogP contribution < -0.4 is 5.32 Å². The number of rotatable bonds is 5. The molecule has 3 heteroatoms. The van der Waals surface area contributed by atoms with Crippen molar-refractivity contribution in [3.8, 4) is 0 Å². The van der Waals surface area contributed by atoms with Gasteiger partial charge in [-0.15, -0.1) is 0 Å². The Kier molecular flexibility index (Phi) is 5.93. The Morgan fingerprint density at radius 1 is 1.06 bits per heavy atom. The average molecular weight is 253 g/mol. The summed E-state index contributed by atoms with van der Waals surface area (Å²) in [5.74, 6) is 0.936. The Labute approximate surface area is 113 Å².